The number of benzene rings is 2. The van der Waals surface area contributed by atoms with Gasteiger partial charge in [-0.15, -0.1) is 0 Å². The summed E-state index contributed by atoms with van der Waals surface area (Å²) in [6.07, 6.45) is 1.47. The predicted octanol–water partition coefficient (Wildman–Crippen LogP) is 3.57. The van der Waals surface area contributed by atoms with Crippen LogP contribution in [0.4, 0.5) is 4.39 Å². The van der Waals surface area contributed by atoms with Gasteiger partial charge < -0.3 is 9.55 Å². The number of rotatable bonds is 6. The first-order chi connectivity index (χ1) is 15.7. The molecule has 2 aromatic heterocycles. The summed E-state index contributed by atoms with van der Waals surface area (Å²) in [6.45, 7) is 3.25. The number of fused-ring (bicyclic) bond motifs is 1. The lowest BCUT2D eigenvalue weighted by molar-refractivity contribution is 0.0974. The molecule has 2 heterocycles. The van der Waals surface area contributed by atoms with Crippen LogP contribution in [-0.2, 0) is 16.6 Å². The van der Waals surface area contributed by atoms with Gasteiger partial charge in [0.2, 0.25) is 10.0 Å². The molecule has 170 valence electrons. The van der Waals surface area contributed by atoms with E-state index in [1.54, 1.807) is 41.0 Å². The van der Waals surface area contributed by atoms with Gasteiger partial charge in [0, 0.05) is 33.8 Å². The highest BCUT2D eigenvalue weighted by atomic mass is 32.2. The molecule has 1 amide bonds. The van der Waals surface area contributed by atoms with E-state index in [4.69, 9.17) is 0 Å². The van der Waals surface area contributed by atoms with E-state index in [1.165, 1.54) is 19.2 Å². The highest BCUT2D eigenvalue weighted by molar-refractivity contribution is 7.90. The number of amides is 1. The second-order valence-corrected chi connectivity index (χ2v) is 9.68. The number of pyridine rings is 1. The Kier molecular flexibility index (Phi) is 5.90. The van der Waals surface area contributed by atoms with E-state index in [0.717, 1.165) is 5.56 Å². The van der Waals surface area contributed by atoms with Gasteiger partial charge in [-0.1, -0.05) is 29.8 Å². The van der Waals surface area contributed by atoms with E-state index in [2.05, 4.69) is 9.71 Å². The van der Waals surface area contributed by atoms with Crippen molar-refractivity contribution >= 4 is 26.8 Å². The lowest BCUT2D eigenvalue weighted by atomic mass is 10.0. The molecule has 0 radical (unpaired) electrons. The minimum absolute atomic E-state index is 0.0346. The van der Waals surface area contributed by atoms with Crippen molar-refractivity contribution in [3.63, 3.8) is 0 Å². The maximum atomic E-state index is 14.5. The molecule has 0 saturated heterocycles. The van der Waals surface area contributed by atoms with Crippen molar-refractivity contribution in [3.05, 3.63) is 93.8 Å². The number of hydrogen-bond acceptors (Lipinski definition) is 4. The van der Waals surface area contributed by atoms with Crippen LogP contribution in [0.15, 0.2) is 65.6 Å². The van der Waals surface area contributed by atoms with Gasteiger partial charge in [-0.05, 0) is 44.2 Å². The summed E-state index contributed by atoms with van der Waals surface area (Å²) in [7, 11) is -3.89. The second kappa shape index (κ2) is 8.67. The van der Waals surface area contributed by atoms with Gasteiger partial charge in [-0.25, -0.2) is 17.5 Å². The third-order valence-electron chi connectivity index (χ3n) is 5.44. The van der Waals surface area contributed by atoms with Crippen molar-refractivity contribution in [2.45, 2.75) is 20.4 Å². The maximum Gasteiger partial charge on any atom is 0.282 e. The van der Waals surface area contributed by atoms with E-state index in [-0.39, 0.29) is 29.1 Å². The number of halogens is 1. The Morgan fingerprint density at radius 2 is 1.88 bits per heavy atom. The first kappa shape index (κ1) is 22.5. The standard InChI is InChI=1S/C24H22FN3O4S/c1-3-33(31,32)27-24(30)22-21(17-8-6-12-26-23(17)29)18-13-15(2)10-11-20(18)28(22)14-16-7-4-5-9-19(16)25/h4-13H,3,14H2,1-2H3,(H,26,29)(H,27,30). The number of aromatic nitrogens is 2. The van der Waals surface area contributed by atoms with Crippen molar-refractivity contribution in [1.29, 1.82) is 0 Å². The number of sulfonamides is 1. The van der Waals surface area contributed by atoms with Crippen LogP contribution >= 0.6 is 0 Å². The molecule has 4 aromatic rings. The summed E-state index contributed by atoms with van der Waals surface area (Å²) in [5.74, 6) is -1.65. The van der Waals surface area contributed by atoms with Gasteiger partial charge in [0.05, 0.1) is 12.3 Å². The Hall–Kier alpha value is -3.72. The number of nitrogens with zero attached hydrogens (tertiary/aromatic N) is 1. The zero-order chi connectivity index (χ0) is 23.8. The second-order valence-electron chi connectivity index (χ2n) is 7.67. The van der Waals surface area contributed by atoms with Crippen LogP contribution < -0.4 is 10.3 Å². The lowest BCUT2D eigenvalue weighted by Gasteiger charge is -2.13. The van der Waals surface area contributed by atoms with Gasteiger partial charge in [-0.2, -0.15) is 0 Å². The highest BCUT2D eigenvalue weighted by Gasteiger charge is 2.28. The molecule has 0 aliphatic rings. The first-order valence-electron chi connectivity index (χ1n) is 10.3. The van der Waals surface area contributed by atoms with E-state index in [9.17, 15) is 22.4 Å². The van der Waals surface area contributed by atoms with Crippen LogP contribution in [0.2, 0.25) is 0 Å². The monoisotopic (exact) mass is 467 g/mol. The van der Waals surface area contributed by atoms with Gasteiger partial charge >= 0.3 is 0 Å². The minimum Gasteiger partial charge on any atom is -0.331 e. The molecule has 0 saturated carbocycles. The number of hydrogen-bond donors (Lipinski definition) is 2. The normalized spacial score (nSPS) is 11.6. The number of aryl methyl sites for hydroxylation is 1. The molecule has 0 unspecified atom stereocenters. The molecular weight excluding hydrogens is 445 g/mol. The Bertz CT molecular complexity index is 1540. The fourth-order valence-electron chi connectivity index (χ4n) is 3.82. The summed E-state index contributed by atoms with van der Waals surface area (Å²) >= 11 is 0. The fraction of sp³-hybridized carbons (Fsp3) is 0.167. The van der Waals surface area contributed by atoms with Crippen LogP contribution in [0.3, 0.4) is 0 Å². The Balaban J connectivity index is 2.09. The molecule has 0 aliphatic carbocycles. The van der Waals surface area contributed by atoms with Crippen molar-refractivity contribution in [2.24, 2.45) is 0 Å². The van der Waals surface area contributed by atoms with Crippen LogP contribution in [0.5, 0.6) is 0 Å². The van der Waals surface area contributed by atoms with E-state index in [0.29, 0.717) is 16.5 Å². The van der Waals surface area contributed by atoms with Crippen LogP contribution in [0.25, 0.3) is 22.0 Å². The predicted molar refractivity (Wildman–Crippen MR) is 125 cm³/mol. The Morgan fingerprint density at radius 3 is 2.58 bits per heavy atom. The zero-order valence-corrected chi connectivity index (χ0v) is 18.9. The molecule has 2 aromatic carbocycles. The molecule has 33 heavy (non-hydrogen) atoms. The molecule has 0 atom stereocenters. The fourth-order valence-corrected chi connectivity index (χ4v) is 4.34. The molecule has 0 bridgehead atoms. The number of H-pyrrole nitrogens is 1. The Morgan fingerprint density at radius 1 is 1.12 bits per heavy atom. The smallest absolute Gasteiger partial charge is 0.282 e. The molecule has 0 spiro atoms. The minimum atomic E-state index is -3.89. The van der Waals surface area contributed by atoms with Gasteiger partial charge in [0.15, 0.2) is 0 Å². The van der Waals surface area contributed by atoms with Crippen LogP contribution in [0, 0.1) is 12.7 Å². The average molecular weight is 468 g/mol. The van der Waals surface area contributed by atoms with E-state index < -0.39 is 27.3 Å². The van der Waals surface area contributed by atoms with Gasteiger partial charge in [0.25, 0.3) is 11.5 Å². The lowest BCUT2D eigenvalue weighted by Crippen LogP contribution is -2.33. The molecule has 0 aliphatic heterocycles. The number of carbonyl (C=O) groups excluding carboxylic acids is 1. The van der Waals surface area contributed by atoms with E-state index >= 15 is 0 Å². The van der Waals surface area contributed by atoms with Crippen molar-refractivity contribution < 1.29 is 17.6 Å². The van der Waals surface area contributed by atoms with Crippen molar-refractivity contribution in [2.75, 3.05) is 5.75 Å². The number of carbonyl (C=O) groups is 1. The quantitative estimate of drug-likeness (QED) is 0.453. The molecule has 0 fully saturated rings. The summed E-state index contributed by atoms with van der Waals surface area (Å²) < 4.78 is 42.6. The summed E-state index contributed by atoms with van der Waals surface area (Å²) in [5.41, 5.74) is 1.79. The zero-order valence-electron chi connectivity index (χ0n) is 18.1. The maximum absolute atomic E-state index is 14.5. The van der Waals surface area contributed by atoms with Crippen molar-refractivity contribution in [3.8, 4) is 11.1 Å². The molecule has 4 rings (SSSR count). The molecular formula is C24H22FN3O4S. The molecule has 9 heteroatoms. The van der Waals surface area contributed by atoms with Gasteiger partial charge in [0.1, 0.15) is 11.5 Å². The highest BCUT2D eigenvalue weighted by Crippen LogP contribution is 2.35. The largest absolute Gasteiger partial charge is 0.331 e. The average Bonchev–Trinajstić information content (AvgIpc) is 3.08. The van der Waals surface area contributed by atoms with Crippen molar-refractivity contribution in [1.82, 2.24) is 14.3 Å². The summed E-state index contributed by atoms with van der Waals surface area (Å²) in [5, 5.41) is 0.585. The Labute approximate surface area is 189 Å². The molecule has 7 nitrogen and oxygen atoms in total. The van der Waals surface area contributed by atoms with E-state index in [1.807, 2.05) is 19.1 Å². The van der Waals surface area contributed by atoms with Crippen LogP contribution in [0.1, 0.15) is 28.5 Å². The SMILES string of the molecule is CCS(=O)(=O)NC(=O)c1c(-c2ccc[nH]c2=O)c2cc(C)ccc2n1Cc1ccccc1F. The summed E-state index contributed by atoms with van der Waals surface area (Å²) in [4.78, 5) is 28.7. The summed E-state index contributed by atoms with van der Waals surface area (Å²) in [6, 6.07) is 14.8. The third-order valence-corrected chi connectivity index (χ3v) is 6.69. The number of aromatic amines is 1. The topological polar surface area (TPSA) is 101 Å². The van der Waals surface area contributed by atoms with Crippen LogP contribution in [-0.4, -0.2) is 29.6 Å². The first-order valence-corrected chi connectivity index (χ1v) is 12.0. The molecule has 2 N–H and O–H groups in total. The van der Waals surface area contributed by atoms with Gasteiger partial charge in [-0.3, -0.25) is 9.59 Å². The number of nitrogens with one attached hydrogen (secondary N) is 2. The third kappa shape index (κ3) is 4.31.